The van der Waals surface area contributed by atoms with Crippen LogP contribution < -0.4 is 5.32 Å². The number of carbonyl (C=O) groups is 1. The second-order valence-electron chi connectivity index (χ2n) is 5.64. The molecule has 0 saturated carbocycles. The molecule has 4 nitrogen and oxygen atoms in total. The highest BCUT2D eigenvalue weighted by molar-refractivity contribution is 5.83. The molecule has 4 heteroatoms. The van der Waals surface area contributed by atoms with E-state index >= 15 is 0 Å². The Bertz CT molecular complexity index is 263. The molecule has 0 bridgehead atoms. The molecule has 1 atom stereocenters. The van der Waals surface area contributed by atoms with Crippen LogP contribution in [0, 0.1) is 5.41 Å². The molecule has 1 heterocycles. The van der Waals surface area contributed by atoms with Crippen molar-refractivity contribution in [2.75, 3.05) is 32.8 Å². The summed E-state index contributed by atoms with van der Waals surface area (Å²) < 4.78 is 0. The van der Waals surface area contributed by atoms with Gasteiger partial charge < -0.3 is 15.3 Å². The van der Waals surface area contributed by atoms with Crippen LogP contribution in [0.5, 0.6) is 0 Å². The molecule has 1 rings (SSSR count). The van der Waals surface area contributed by atoms with Crippen molar-refractivity contribution in [2.45, 2.75) is 52.4 Å². The van der Waals surface area contributed by atoms with Crippen molar-refractivity contribution in [3.05, 3.63) is 0 Å². The molecule has 0 aromatic rings. The van der Waals surface area contributed by atoms with E-state index in [1.54, 1.807) is 0 Å². The van der Waals surface area contributed by atoms with Crippen molar-refractivity contribution in [3.8, 4) is 0 Å². The van der Waals surface area contributed by atoms with Gasteiger partial charge in [-0.05, 0) is 25.8 Å². The summed E-state index contributed by atoms with van der Waals surface area (Å²) in [6.07, 6.45) is 6.46. The third-order valence-electron chi connectivity index (χ3n) is 4.31. The first-order valence-corrected chi connectivity index (χ1v) is 7.81. The molecule has 0 radical (unpaired) electrons. The Morgan fingerprint density at radius 1 is 1.26 bits per heavy atom. The lowest BCUT2D eigenvalue weighted by Crippen LogP contribution is -2.46. The predicted molar refractivity (Wildman–Crippen MR) is 78.0 cm³/mol. The van der Waals surface area contributed by atoms with Crippen LogP contribution in [0.15, 0.2) is 0 Å². The van der Waals surface area contributed by atoms with Gasteiger partial charge in [0.15, 0.2) is 0 Å². The van der Waals surface area contributed by atoms with Gasteiger partial charge in [-0.3, -0.25) is 4.79 Å². The minimum atomic E-state index is -0.222. The van der Waals surface area contributed by atoms with Gasteiger partial charge in [-0.25, -0.2) is 0 Å². The molecule has 0 aromatic heterocycles. The number of rotatable bonds is 9. The number of nitrogens with one attached hydrogen (secondary N) is 1. The fraction of sp³-hybridized carbons (Fsp3) is 0.933. The van der Waals surface area contributed by atoms with E-state index in [0.717, 1.165) is 38.9 Å². The highest BCUT2D eigenvalue weighted by Gasteiger charge is 2.41. The van der Waals surface area contributed by atoms with E-state index in [4.69, 9.17) is 0 Å². The van der Waals surface area contributed by atoms with Crippen molar-refractivity contribution in [1.82, 2.24) is 10.2 Å². The topological polar surface area (TPSA) is 52.6 Å². The van der Waals surface area contributed by atoms with Gasteiger partial charge in [-0.15, -0.1) is 0 Å². The number of hydrogen-bond donors (Lipinski definition) is 2. The maximum Gasteiger partial charge on any atom is 0.230 e. The maximum absolute atomic E-state index is 12.7. The fourth-order valence-electron chi connectivity index (χ4n) is 2.88. The zero-order valence-electron chi connectivity index (χ0n) is 12.6. The van der Waals surface area contributed by atoms with Gasteiger partial charge in [-0.2, -0.15) is 0 Å². The van der Waals surface area contributed by atoms with E-state index in [0.29, 0.717) is 6.54 Å². The van der Waals surface area contributed by atoms with Crippen LogP contribution in [0.25, 0.3) is 0 Å². The first kappa shape index (κ1) is 16.4. The third-order valence-corrected chi connectivity index (χ3v) is 4.31. The van der Waals surface area contributed by atoms with Crippen molar-refractivity contribution in [2.24, 2.45) is 5.41 Å². The van der Waals surface area contributed by atoms with E-state index in [2.05, 4.69) is 19.2 Å². The van der Waals surface area contributed by atoms with Gasteiger partial charge in [-0.1, -0.05) is 33.1 Å². The van der Waals surface area contributed by atoms with Crippen molar-refractivity contribution >= 4 is 5.91 Å². The largest absolute Gasteiger partial charge is 0.395 e. The normalized spacial score (nSPS) is 22.7. The van der Waals surface area contributed by atoms with Crippen LogP contribution in [0.4, 0.5) is 0 Å². The lowest BCUT2D eigenvalue weighted by molar-refractivity contribution is -0.142. The average Bonchev–Trinajstić information content (AvgIpc) is 2.91. The molecule has 0 aliphatic carbocycles. The Hall–Kier alpha value is -0.610. The van der Waals surface area contributed by atoms with E-state index in [1.165, 1.54) is 19.3 Å². The van der Waals surface area contributed by atoms with Crippen molar-refractivity contribution < 1.29 is 9.90 Å². The molecular formula is C15H30N2O2. The Balaban J connectivity index is 2.55. The molecule has 112 valence electrons. The van der Waals surface area contributed by atoms with Gasteiger partial charge in [0.1, 0.15) is 0 Å². The summed E-state index contributed by atoms with van der Waals surface area (Å²) in [6.45, 7) is 7.34. The summed E-state index contributed by atoms with van der Waals surface area (Å²) in [5, 5.41) is 12.5. The van der Waals surface area contributed by atoms with E-state index < -0.39 is 0 Å². The lowest BCUT2D eigenvalue weighted by atomic mass is 9.82. The Kier molecular flexibility index (Phi) is 7.39. The summed E-state index contributed by atoms with van der Waals surface area (Å²) in [4.78, 5) is 14.6. The summed E-state index contributed by atoms with van der Waals surface area (Å²) >= 11 is 0. The van der Waals surface area contributed by atoms with Crippen LogP contribution in [0.1, 0.15) is 52.4 Å². The van der Waals surface area contributed by atoms with Crippen LogP contribution in [0.3, 0.4) is 0 Å². The number of nitrogens with zero attached hydrogens (tertiary/aromatic N) is 1. The van der Waals surface area contributed by atoms with Crippen LogP contribution in [0.2, 0.25) is 0 Å². The number of unbranched alkanes of at least 4 members (excludes halogenated alkanes) is 3. The second kappa shape index (κ2) is 8.54. The number of hydrogen-bond acceptors (Lipinski definition) is 3. The number of carbonyl (C=O) groups excluding carboxylic acids is 1. The smallest absolute Gasteiger partial charge is 0.230 e. The third kappa shape index (κ3) is 4.46. The SMILES string of the molecule is CCCCCCN(CCO)C(=O)C1(CC)CCNC1. The van der Waals surface area contributed by atoms with E-state index in [-0.39, 0.29) is 17.9 Å². The summed E-state index contributed by atoms with van der Waals surface area (Å²) in [7, 11) is 0. The van der Waals surface area contributed by atoms with Crippen LogP contribution in [-0.2, 0) is 4.79 Å². The molecular weight excluding hydrogens is 240 g/mol. The lowest BCUT2D eigenvalue weighted by Gasteiger charge is -2.33. The maximum atomic E-state index is 12.7. The fourth-order valence-corrected chi connectivity index (χ4v) is 2.88. The molecule has 1 unspecified atom stereocenters. The molecule has 2 N–H and O–H groups in total. The highest BCUT2D eigenvalue weighted by atomic mass is 16.3. The number of aliphatic hydroxyl groups is 1. The van der Waals surface area contributed by atoms with Crippen molar-refractivity contribution in [3.63, 3.8) is 0 Å². The van der Waals surface area contributed by atoms with Crippen LogP contribution in [-0.4, -0.2) is 48.7 Å². The zero-order valence-corrected chi connectivity index (χ0v) is 12.6. The second-order valence-corrected chi connectivity index (χ2v) is 5.64. The molecule has 19 heavy (non-hydrogen) atoms. The highest BCUT2D eigenvalue weighted by Crippen LogP contribution is 2.31. The zero-order chi connectivity index (χ0) is 14.1. The summed E-state index contributed by atoms with van der Waals surface area (Å²) in [6, 6.07) is 0. The van der Waals surface area contributed by atoms with E-state index in [1.807, 2.05) is 4.90 Å². The van der Waals surface area contributed by atoms with Gasteiger partial charge in [0.05, 0.1) is 12.0 Å². The molecule has 0 spiro atoms. The molecule has 1 aliphatic heterocycles. The standard InChI is InChI=1S/C15H30N2O2/c1-3-5-6-7-10-17(11-12-18)14(19)15(4-2)8-9-16-13-15/h16,18H,3-13H2,1-2H3. The van der Waals surface area contributed by atoms with Crippen LogP contribution >= 0.6 is 0 Å². The number of aliphatic hydroxyl groups excluding tert-OH is 1. The summed E-state index contributed by atoms with van der Waals surface area (Å²) in [5.41, 5.74) is -0.222. The van der Waals surface area contributed by atoms with Gasteiger partial charge >= 0.3 is 0 Å². The van der Waals surface area contributed by atoms with Gasteiger partial charge in [0.25, 0.3) is 0 Å². The van der Waals surface area contributed by atoms with E-state index in [9.17, 15) is 9.90 Å². The van der Waals surface area contributed by atoms with Gasteiger partial charge in [0, 0.05) is 19.6 Å². The Morgan fingerprint density at radius 2 is 2.05 bits per heavy atom. The average molecular weight is 270 g/mol. The molecule has 0 aromatic carbocycles. The predicted octanol–water partition coefficient (Wildman–Crippen LogP) is 1.78. The Labute approximate surface area is 117 Å². The minimum absolute atomic E-state index is 0.0622. The molecule has 1 aliphatic rings. The quantitative estimate of drug-likeness (QED) is 0.628. The minimum Gasteiger partial charge on any atom is -0.395 e. The Morgan fingerprint density at radius 3 is 2.58 bits per heavy atom. The monoisotopic (exact) mass is 270 g/mol. The van der Waals surface area contributed by atoms with Gasteiger partial charge in [0.2, 0.25) is 5.91 Å². The first-order chi connectivity index (χ1) is 9.20. The number of amides is 1. The molecule has 1 amide bonds. The summed E-state index contributed by atoms with van der Waals surface area (Å²) in [5.74, 6) is 0.241. The van der Waals surface area contributed by atoms with Crippen molar-refractivity contribution in [1.29, 1.82) is 0 Å². The molecule has 1 fully saturated rings. The molecule has 1 saturated heterocycles. The first-order valence-electron chi connectivity index (χ1n) is 7.81.